The molecule has 4 aromatic rings. The molecule has 0 aromatic carbocycles. The number of hydrogen-bond donors (Lipinski definition) is 2. The zero-order valence-corrected chi connectivity index (χ0v) is 18.3. The van der Waals surface area contributed by atoms with Crippen LogP contribution in [0.15, 0.2) is 58.2 Å². The third kappa shape index (κ3) is 4.56. The lowest BCUT2D eigenvalue weighted by atomic mass is 10.1. The highest BCUT2D eigenvalue weighted by atomic mass is 16.3. The number of nitrogens with one attached hydrogen (secondary N) is 1. The van der Waals surface area contributed by atoms with E-state index in [4.69, 9.17) is 10.2 Å². The Hall–Kier alpha value is -4.54. The minimum Gasteiger partial charge on any atom is -0.443 e. The van der Waals surface area contributed by atoms with Gasteiger partial charge < -0.3 is 24.9 Å². The number of amides is 1. The number of aromatic nitrogens is 5. The molecule has 4 rings (SSSR count). The van der Waals surface area contributed by atoms with Gasteiger partial charge in [-0.15, -0.1) is 0 Å². The number of nitrogens with zero attached hydrogens (tertiary/aromatic N) is 6. The molecule has 0 bridgehead atoms. The minimum atomic E-state index is -0.512. The summed E-state index contributed by atoms with van der Waals surface area (Å²) in [5.41, 5.74) is 7.62. The SMILES string of the molecule is CN(C)c1cccc(CNC(=O)c2nc(-c3ccc(=O)n(C)c3)c(-c3ncco3)nc2N)n1. The van der Waals surface area contributed by atoms with E-state index in [2.05, 4.69) is 25.3 Å². The number of pyridine rings is 2. The summed E-state index contributed by atoms with van der Waals surface area (Å²) < 4.78 is 6.78. The van der Waals surface area contributed by atoms with Gasteiger partial charge in [0.1, 0.15) is 17.8 Å². The van der Waals surface area contributed by atoms with Gasteiger partial charge in [-0.1, -0.05) is 6.07 Å². The summed E-state index contributed by atoms with van der Waals surface area (Å²) in [6, 6.07) is 8.53. The molecule has 0 saturated heterocycles. The minimum absolute atomic E-state index is 0.0575. The van der Waals surface area contributed by atoms with Crippen molar-refractivity contribution in [3.05, 3.63) is 70.7 Å². The van der Waals surface area contributed by atoms with Crippen molar-refractivity contribution in [3.8, 4) is 22.8 Å². The van der Waals surface area contributed by atoms with Gasteiger partial charge in [0.05, 0.1) is 18.4 Å². The number of anilines is 2. The van der Waals surface area contributed by atoms with Crippen LogP contribution < -0.4 is 21.5 Å². The standard InChI is InChI=1S/C22H22N8O3/c1-29(2)15-6-4-5-14(26-15)11-25-21(32)19-20(23)28-18(22-24-9-10-33-22)17(27-19)13-7-8-16(31)30(3)12-13/h4-10,12H,11H2,1-3H3,(H2,23,28)(H,25,32). The predicted octanol–water partition coefficient (Wildman–Crippen LogP) is 1.47. The van der Waals surface area contributed by atoms with Gasteiger partial charge in [-0.3, -0.25) is 9.59 Å². The number of aryl methyl sites for hydroxylation is 1. The highest BCUT2D eigenvalue weighted by Gasteiger charge is 2.22. The first kappa shape index (κ1) is 21.7. The molecule has 0 saturated carbocycles. The summed E-state index contributed by atoms with van der Waals surface area (Å²) in [7, 11) is 5.39. The summed E-state index contributed by atoms with van der Waals surface area (Å²) in [5.74, 6) is 0.370. The van der Waals surface area contributed by atoms with Crippen LogP contribution >= 0.6 is 0 Å². The van der Waals surface area contributed by atoms with Crippen molar-refractivity contribution in [3.63, 3.8) is 0 Å². The van der Waals surface area contributed by atoms with E-state index < -0.39 is 5.91 Å². The molecule has 0 fully saturated rings. The second-order valence-electron chi connectivity index (χ2n) is 7.42. The van der Waals surface area contributed by atoms with E-state index in [0.717, 1.165) is 5.82 Å². The summed E-state index contributed by atoms with van der Waals surface area (Å²) in [5, 5.41) is 2.78. The first-order valence-corrected chi connectivity index (χ1v) is 9.99. The van der Waals surface area contributed by atoms with E-state index in [1.54, 1.807) is 19.3 Å². The average molecular weight is 446 g/mol. The number of hydrogen-bond acceptors (Lipinski definition) is 9. The van der Waals surface area contributed by atoms with Crippen LogP contribution in [0.4, 0.5) is 11.6 Å². The largest absolute Gasteiger partial charge is 0.443 e. The molecule has 0 aliphatic carbocycles. The van der Waals surface area contributed by atoms with E-state index in [9.17, 15) is 9.59 Å². The van der Waals surface area contributed by atoms with Crippen LogP contribution in [0.5, 0.6) is 0 Å². The summed E-state index contributed by atoms with van der Waals surface area (Å²) in [4.78, 5) is 44.1. The molecule has 3 N–H and O–H groups in total. The van der Waals surface area contributed by atoms with Gasteiger partial charge in [-0.05, 0) is 18.2 Å². The quantitative estimate of drug-likeness (QED) is 0.449. The molecule has 0 radical (unpaired) electrons. The third-order valence-electron chi connectivity index (χ3n) is 4.81. The van der Waals surface area contributed by atoms with E-state index in [-0.39, 0.29) is 35.2 Å². The molecule has 0 aliphatic heterocycles. The summed E-state index contributed by atoms with van der Waals surface area (Å²) in [6.45, 7) is 0.179. The van der Waals surface area contributed by atoms with Crippen LogP contribution in [0.3, 0.4) is 0 Å². The lowest BCUT2D eigenvalue weighted by Crippen LogP contribution is -2.26. The number of carbonyl (C=O) groups excluding carboxylic acids is 1. The Kier molecular flexibility index (Phi) is 5.85. The Morgan fingerprint density at radius 3 is 2.67 bits per heavy atom. The number of carbonyl (C=O) groups is 1. The zero-order valence-electron chi connectivity index (χ0n) is 18.3. The van der Waals surface area contributed by atoms with Crippen LogP contribution in [-0.2, 0) is 13.6 Å². The number of oxazole rings is 1. The fourth-order valence-corrected chi connectivity index (χ4v) is 3.11. The van der Waals surface area contributed by atoms with E-state index >= 15 is 0 Å². The molecule has 0 spiro atoms. The topological polar surface area (TPSA) is 145 Å². The van der Waals surface area contributed by atoms with Gasteiger partial charge in [0, 0.05) is 39.0 Å². The molecule has 1 amide bonds. The third-order valence-corrected chi connectivity index (χ3v) is 4.81. The highest BCUT2D eigenvalue weighted by Crippen LogP contribution is 2.29. The van der Waals surface area contributed by atoms with Gasteiger partial charge in [0.2, 0.25) is 11.4 Å². The molecule has 0 unspecified atom stereocenters. The van der Waals surface area contributed by atoms with E-state index in [0.29, 0.717) is 17.0 Å². The van der Waals surface area contributed by atoms with Crippen molar-refractivity contribution in [1.82, 2.24) is 29.8 Å². The zero-order chi connectivity index (χ0) is 23.5. The van der Waals surface area contributed by atoms with Crippen molar-refractivity contribution in [1.29, 1.82) is 0 Å². The molecule has 0 atom stereocenters. The fourth-order valence-electron chi connectivity index (χ4n) is 3.11. The average Bonchev–Trinajstić information content (AvgIpc) is 3.34. The van der Waals surface area contributed by atoms with Gasteiger partial charge in [-0.25, -0.2) is 19.9 Å². The van der Waals surface area contributed by atoms with Crippen molar-refractivity contribution >= 4 is 17.5 Å². The molecule has 4 aromatic heterocycles. The van der Waals surface area contributed by atoms with Crippen molar-refractivity contribution in [2.24, 2.45) is 7.05 Å². The fraction of sp³-hybridized carbons (Fsp3) is 0.182. The molecule has 11 heteroatoms. The van der Waals surface area contributed by atoms with Crippen LogP contribution in [0.25, 0.3) is 22.8 Å². The molecular formula is C22H22N8O3. The maximum atomic E-state index is 12.9. The van der Waals surface area contributed by atoms with Gasteiger partial charge >= 0.3 is 0 Å². The maximum absolute atomic E-state index is 12.9. The normalized spacial score (nSPS) is 10.8. The smallest absolute Gasteiger partial charge is 0.274 e. The first-order valence-electron chi connectivity index (χ1n) is 9.99. The number of nitrogens with two attached hydrogens (primary N) is 1. The number of nitrogen functional groups attached to an aromatic ring is 1. The predicted molar refractivity (Wildman–Crippen MR) is 122 cm³/mol. The second-order valence-corrected chi connectivity index (χ2v) is 7.42. The molecular weight excluding hydrogens is 424 g/mol. The van der Waals surface area contributed by atoms with E-state index in [1.165, 1.54) is 23.1 Å². The van der Waals surface area contributed by atoms with Crippen LogP contribution in [0.1, 0.15) is 16.2 Å². The Labute approximate surface area is 189 Å². The first-order chi connectivity index (χ1) is 15.8. The lowest BCUT2D eigenvalue weighted by Gasteiger charge is -2.13. The highest BCUT2D eigenvalue weighted by molar-refractivity contribution is 5.97. The van der Waals surface area contributed by atoms with Crippen LogP contribution in [0, 0.1) is 0 Å². The Bertz CT molecular complexity index is 1360. The molecule has 4 heterocycles. The molecule has 11 nitrogen and oxygen atoms in total. The molecule has 0 aliphatic rings. The Morgan fingerprint density at radius 1 is 1.15 bits per heavy atom. The van der Waals surface area contributed by atoms with Crippen LogP contribution in [-0.4, -0.2) is 44.5 Å². The Morgan fingerprint density at radius 2 is 1.97 bits per heavy atom. The maximum Gasteiger partial charge on any atom is 0.274 e. The van der Waals surface area contributed by atoms with E-state index in [1.807, 2.05) is 37.2 Å². The summed E-state index contributed by atoms with van der Waals surface area (Å²) in [6.07, 6.45) is 4.45. The summed E-state index contributed by atoms with van der Waals surface area (Å²) >= 11 is 0. The van der Waals surface area contributed by atoms with Crippen molar-refractivity contribution in [2.45, 2.75) is 6.54 Å². The van der Waals surface area contributed by atoms with Gasteiger partial charge in [0.25, 0.3) is 5.91 Å². The van der Waals surface area contributed by atoms with Crippen molar-refractivity contribution in [2.75, 3.05) is 24.7 Å². The van der Waals surface area contributed by atoms with Gasteiger partial charge in [-0.2, -0.15) is 0 Å². The second kappa shape index (κ2) is 8.91. The monoisotopic (exact) mass is 446 g/mol. The van der Waals surface area contributed by atoms with Gasteiger partial charge in [0.15, 0.2) is 17.2 Å². The Balaban J connectivity index is 1.70. The van der Waals surface area contributed by atoms with Crippen molar-refractivity contribution < 1.29 is 9.21 Å². The number of rotatable bonds is 6. The lowest BCUT2D eigenvalue weighted by molar-refractivity contribution is 0.0946. The van der Waals surface area contributed by atoms with Crippen LogP contribution in [0.2, 0.25) is 0 Å². The molecule has 33 heavy (non-hydrogen) atoms. The molecule has 168 valence electrons.